The molecule has 3 heterocycles. The van der Waals surface area contributed by atoms with Crippen LogP contribution in [0.25, 0.3) is 10.6 Å². The van der Waals surface area contributed by atoms with Crippen molar-refractivity contribution in [1.29, 1.82) is 0 Å². The standard InChI is InChI=1S/C18H16F3N5O2S/c19-18(20,21)11-5-3-4-10(8-11)15-22-12(9-29-15)16(27)26-7-2-1-6-13(26)14-23-17(28)25-24-14/h3-5,8-9,13H,1-2,6-7H2,(H2,23,24,25,28)/t13-/m1/s1. The molecular weight excluding hydrogens is 407 g/mol. The maximum absolute atomic E-state index is 13.0. The van der Waals surface area contributed by atoms with E-state index < -0.39 is 17.4 Å². The van der Waals surface area contributed by atoms with E-state index in [0.29, 0.717) is 29.4 Å². The molecule has 29 heavy (non-hydrogen) atoms. The Morgan fingerprint density at radius 1 is 1.28 bits per heavy atom. The molecule has 0 unspecified atom stereocenters. The molecule has 1 aliphatic heterocycles. The third-order valence-corrected chi connectivity index (χ3v) is 5.65. The number of H-pyrrole nitrogens is 2. The second-order valence-electron chi connectivity index (χ2n) is 6.69. The molecule has 0 aliphatic carbocycles. The molecule has 152 valence electrons. The van der Waals surface area contributed by atoms with Crippen LogP contribution in [0, 0.1) is 0 Å². The Labute approximate surface area is 166 Å². The predicted molar refractivity (Wildman–Crippen MR) is 99.4 cm³/mol. The van der Waals surface area contributed by atoms with Crippen molar-refractivity contribution in [2.75, 3.05) is 6.54 Å². The number of aromatic nitrogens is 4. The molecule has 0 radical (unpaired) electrons. The van der Waals surface area contributed by atoms with Gasteiger partial charge in [0.1, 0.15) is 10.7 Å². The van der Waals surface area contributed by atoms with Crippen LogP contribution in [0.3, 0.4) is 0 Å². The fraction of sp³-hybridized carbons (Fsp3) is 0.333. The molecular formula is C18H16F3N5O2S. The van der Waals surface area contributed by atoms with Crippen LogP contribution in [-0.4, -0.2) is 37.5 Å². The number of hydrogen-bond acceptors (Lipinski definition) is 5. The molecule has 1 aliphatic rings. The fourth-order valence-electron chi connectivity index (χ4n) is 3.38. The summed E-state index contributed by atoms with van der Waals surface area (Å²) in [5, 5.41) is 8.12. The maximum Gasteiger partial charge on any atom is 0.416 e. The van der Waals surface area contributed by atoms with E-state index >= 15 is 0 Å². The summed E-state index contributed by atoms with van der Waals surface area (Å²) in [5.41, 5.74) is -0.752. The fourth-order valence-corrected chi connectivity index (χ4v) is 4.17. The molecule has 0 spiro atoms. The first-order valence-corrected chi connectivity index (χ1v) is 9.79. The van der Waals surface area contributed by atoms with Gasteiger partial charge in [-0.1, -0.05) is 12.1 Å². The molecule has 7 nitrogen and oxygen atoms in total. The SMILES string of the molecule is O=C(c1csc(-c2cccc(C(F)(F)F)c2)n1)N1CCCC[C@@H]1c1n[nH]c(=O)[nH]1. The van der Waals surface area contributed by atoms with Gasteiger partial charge in [0.05, 0.1) is 11.6 Å². The first-order valence-electron chi connectivity index (χ1n) is 8.91. The number of likely N-dealkylation sites (tertiary alicyclic amines) is 1. The zero-order valence-electron chi connectivity index (χ0n) is 15.0. The number of thiazole rings is 1. The summed E-state index contributed by atoms with van der Waals surface area (Å²) in [6, 6.07) is 4.47. The summed E-state index contributed by atoms with van der Waals surface area (Å²) in [6.07, 6.45) is -2.11. The number of carbonyl (C=O) groups excluding carboxylic acids is 1. The topological polar surface area (TPSA) is 94.7 Å². The number of alkyl halides is 3. The van der Waals surface area contributed by atoms with Gasteiger partial charge < -0.3 is 4.90 Å². The van der Waals surface area contributed by atoms with Crippen LogP contribution in [0.15, 0.2) is 34.4 Å². The van der Waals surface area contributed by atoms with Gasteiger partial charge >= 0.3 is 11.9 Å². The van der Waals surface area contributed by atoms with Crippen LogP contribution < -0.4 is 5.69 Å². The first-order chi connectivity index (χ1) is 13.8. The van der Waals surface area contributed by atoms with E-state index in [1.54, 1.807) is 4.90 Å². The third-order valence-electron chi connectivity index (χ3n) is 4.76. The van der Waals surface area contributed by atoms with Crippen LogP contribution in [0.4, 0.5) is 13.2 Å². The summed E-state index contributed by atoms with van der Waals surface area (Å²) >= 11 is 1.11. The van der Waals surface area contributed by atoms with E-state index in [0.717, 1.165) is 36.3 Å². The lowest BCUT2D eigenvalue weighted by Gasteiger charge is -2.33. The molecule has 3 aromatic rings. The summed E-state index contributed by atoms with van der Waals surface area (Å²) in [7, 11) is 0. The number of nitrogens with one attached hydrogen (secondary N) is 2. The Morgan fingerprint density at radius 2 is 2.10 bits per heavy atom. The Morgan fingerprint density at radius 3 is 2.83 bits per heavy atom. The number of aromatic amines is 2. The number of nitrogens with zero attached hydrogens (tertiary/aromatic N) is 3. The average molecular weight is 423 g/mol. The summed E-state index contributed by atoms with van der Waals surface area (Å²) in [4.78, 5) is 32.9. The summed E-state index contributed by atoms with van der Waals surface area (Å²) in [5.74, 6) is 0.0457. The largest absolute Gasteiger partial charge is 0.416 e. The minimum absolute atomic E-state index is 0.159. The smallest absolute Gasteiger partial charge is 0.327 e. The molecule has 1 saturated heterocycles. The molecule has 4 rings (SSSR count). The van der Waals surface area contributed by atoms with E-state index in [1.165, 1.54) is 17.5 Å². The molecule has 2 N–H and O–H groups in total. The van der Waals surface area contributed by atoms with Gasteiger partial charge in [-0.3, -0.25) is 9.78 Å². The van der Waals surface area contributed by atoms with Crippen LogP contribution in [0.5, 0.6) is 0 Å². The molecule has 1 fully saturated rings. The van der Waals surface area contributed by atoms with Gasteiger partial charge in [-0.15, -0.1) is 11.3 Å². The Balaban J connectivity index is 1.60. The van der Waals surface area contributed by atoms with Gasteiger partial charge in [-0.05, 0) is 31.4 Å². The van der Waals surface area contributed by atoms with Crippen molar-refractivity contribution in [3.63, 3.8) is 0 Å². The molecule has 2 aromatic heterocycles. The molecule has 1 atom stereocenters. The van der Waals surface area contributed by atoms with Crippen molar-refractivity contribution in [2.24, 2.45) is 0 Å². The third kappa shape index (κ3) is 3.95. The summed E-state index contributed by atoms with van der Waals surface area (Å²) < 4.78 is 38.9. The molecule has 0 saturated carbocycles. The quantitative estimate of drug-likeness (QED) is 0.673. The normalized spacial score (nSPS) is 17.5. The van der Waals surface area contributed by atoms with Gasteiger partial charge in [0.25, 0.3) is 5.91 Å². The minimum atomic E-state index is -4.45. The van der Waals surface area contributed by atoms with Gasteiger partial charge in [0, 0.05) is 17.5 Å². The van der Waals surface area contributed by atoms with Crippen LogP contribution in [0.1, 0.15) is 47.2 Å². The van der Waals surface area contributed by atoms with E-state index in [2.05, 4.69) is 20.2 Å². The number of hydrogen-bond donors (Lipinski definition) is 2. The highest BCUT2D eigenvalue weighted by molar-refractivity contribution is 7.13. The lowest BCUT2D eigenvalue weighted by atomic mass is 10.0. The van der Waals surface area contributed by atoms with Crippen molar-refractivity contribution >= 4 is 17.2 Å². The van der Waals surface area contributed by atoms with E-state index in [-0.39, 0.29) is 17.6 Å². The Bertz CT molecular complexity index is 1090. The van der Waals surface area contributed by atoms with Crippen molar-refractivity contribution in [3.05, 3.63) is 57.2 Å². The lowest BCUT2D eigenvalue weighted by molar-refractivity contribution is -0.137. The molecule has 11 heteroatoms. The summed E-state index contributed by atoms with van der Waals surface area (Å²) in [6.45, 7) is 0.481. The molecule has 1 aromatic carbocycles. The van der Waals surface area contributed by atoms with Gasteiger partial charge in [0.15, 0.2) is 5.82 Å². The number of benzene rings is 1. The van der Waals surface area contributed by atoms with Crippen LogP contribution in [-0.2, 0) is 6.18 Å². The Kier molecular flexibility index (Phi) is 4.99. The predicted octanol–water partition coefficient (Wildman–Crippen LogP) is 3.61. The van der Waals surface area contributed by atoms with Crippen LogP contribution >= 0.6 is 11.3 Å². The highest BCUT2D eigenvalue weighted by atomic mass is 32.1. The van der Waals surface area contributed by atoms with E-state index in [9.17, 15) is 22.8 Å². The van der Waals surface area contributed by atoms with E-state index in [1.807, 2.05) is 0 Å². The van der Waals surface area contributed by atoms with Gasteiger partial charge in [0.2, 0.25) is 0 Å². The number of halogens is 3. The van der Waals surface area contributed by atoms with Crippen LogP contribution in [0.2, 0.25) is 0 Å². The van der Waals surface area contributed by atoms with Crippen molar-refractivity contribution in [3.8, 4) is 10.6 Å². The lowest BCUT2D eigenvalue weighted by Crippen LogP contribution is -2.39. The second kappa shape index (κ2) is 7.47. The van der Waals surface area contributed by atoms with Crippen molar-refractivity contribution < 1.29 is 18.0 Å². The van der Waals surface area contributed by atoms with Crippen molar-refractivity contribution in [2.45, 2.75) is 31.5 Å². The second-order valence-corrected chi connectivity index (χ2v) is 7.55. The number of rotatable bonds is 3. The molecule has 0 bridgehead atoms. The highest BCUT2D eigenvalue weighted by Crippen LogP contribution is 2.34. The zero-order valence-corrected chi connectivity index (χ0v) is 15.8. The van der Waals surface area contributed by atoms with Gasteiger partial charge in [-0.2, -0.15) is 18.3 Å². The minimum Gasteiger partial charge on any atom is -0.327 e. The maximum atomic E-state index is 13.0. The number of amides is 1. The van der Waals surface area contributed by atoms with Gasteiger partial charge in [-0.25, -0.2) is 14.9 Å². The van der Waals surface area contributed by atoms with E-state index in [4.69, 9.17) is 0 Å². The molecule has 1 amide bonds. The number of carbonyl (C=O) groups is 1. The number of piperidine rings is 1. The highest BCUT2D eigenvalue weighted by Gasteiger charge is 2.33. The average Bonchev–Trinajstić information content (AvgIpc) is 3.36. The monoisotopic (exact) mass is 423 g/mol. The first kappa shape index (κ1) is 19.4. The Hall–Kier alpha value is -2.95. The van der Waals surface area contributed by atoms with Crippen molar-refractivity contribution in [1.82, 2.24) is 25.1 Å². The zero-order chi connectivity index (χ0) is 20.6.